The van der Waals surface area contributed by atoms with E-state index >= 15 is 0 Å². The molecule has 0 unspecified atom stereocenters. The summed E-state index contributed by atoms with van der Waals surface area (Å²) in [5.41, 5.74) is 7.61. The number of nitrogen functional groups attached to an aromatic ring is 2. The van der Waals surface area contributed by atoms with Crippen LogP contribution < -0.4 is 11.6 Å². The number of nitrogens with two attached hydrogens (primary N) is 2. The average molecular weight is 230 g/mol. The van der Waals surface area contributed by atoms with E-state index in [-0.39, 0.29) is 5.41 Å². The molecule has 0 amide bonds. The van der Waals surface area contributed by atoms with E-state index in [9.17, 15) is 0 Å². The average Bonchev–Trinajstić information content (AvgIpc) is 2.57. The maximum absolute atomic E-state index is 6.01. The molecule has 0 atom stereocenters. The summed E-state index contributed by atoms with van der Waals surface area (Å²) < 4.78 is 1.47. The van der Waals surface area contributed by atoms with Crippen LogP contribution in [0.5, 0.6) is 0 Å². The lowest BCUT2D eigenvalue weighted by Gasteiger charge is -2.17. The number of anilines is 1. The number of aromatic nitrogens is 2. The highest BCUT2D eigenvalue weighted by Crippen LogP contribution is 2.29. The second-order valence-corrected chi connectivity index (χ2v) is 5.16. The van der Waals surface area contributed by atoms with Gasteiger partial charge in [-0.3, -0.25) is 0 Å². The second kappa shape index (κ2) is 3.80. The third kappa shape index (κ3) is 1.98. The Morgan fingerprint density at radius 1 is 1.12 bits per heavy atom. The SMILES string of the molecule is CC(C)(C)c1nc(-c2ccccc2)c(N)n1N. The summed E-state index contributed by atoms with van der Waals surface area (Å²) in [7, 11) is 0. The molecule has 1 aromatic carbocycles. The molecular formula is C13H18N4. The molecule has 0 aliphatic rings. The van der Waals surface area contributed by atoms with Crippen molar-refractivity contribution >= 4 is 5.82 Å². The molecule has 2 aromatic rings. The van der Waals surface area contributed by atoms with Crippen LogP contribution in [-0.2, 0) is 5.41 Å². The molecule has 4 nitrogen and oxygen atoms in total. The minimum atomic E-state index is -0.129. The van der Waals surface area contributed by atoms with Crippen LogP contribution in [0.2, 0.25) is 0 Å². The van der Waals surface area contributed by atoms with Gasteiger partial charge in [0.2, 0.25) is 0 Å². The van der Waals surface area contributed by atoms with Gasteiger partial charge in [0.1, 0.15) is 11.5 Å². The van der Waals surface area contributed by atoms with E-state index in [0.717, 1.165) is 17.1 Å². The normalized spacial score (nSPS) is 11.7. The van der Waals surface area contributed by atoms with Crippen LogP contribution >= 0.6 is 0 Å². The Labute approximate surface area is 101 Å². The van der Waals surface area contributed by atoms with Gasteiger partial charge in [-0.2, -0.15) is 0 Å². The van der Waals surface area contributed by atoms with Crippen molar-refractivity contribution in [3.63, 3.8) is 0 Å². The largest absolute Gasteiger partial charge is 0.382 e. The van der Waals surface area contributed by atoms with Crippen LogP contribution in [0.1, 0.15) is 26.6 Å². The number of hydrogen-bond donors (Lipinski definition) is 2. The number of rotatable bonds is 1. The molecule has 4 N–H and O–H groups in total. The van der Waals surface area contributed by atoms with Crippen molar-refractivity contribution in [2.75, 3.05) is 11.6 Å². The van der Waals surface area contributed by atoms with Crippen LogP contribution in [0.3, 0.4) is 0 Å². The van der Waals surface area contributed by atoms with Gasteiger partial charge in [0.15, 0.2) is 5.82 Å². The van der Waals surface area contributed by atoms with Crippen LogP contribution in [0, 0.1) is 0 Å². The van der Waals surface area contributed by atoms with Crippen LogP contribution in [-0.4, -0.2) is 9.66 Å². The first-order valence-electron chi connectivity index (χ1n) is 5.60. The van der Waals surface area contributed by atoms with Gasteiger partial charge >= 0.3 is 0 Å². The molecule has 0 saturated heterocycles. The van der Waals surface area contributed by atoms with Crippen molar-refractivity contribution in [1.29, 1.82) is 0 Å². The fourth-order valence-electron chi connectivity index (χ4n) is 1.78. The summed E-state index contributed by atoms with van der Waals surface area (Å²) in [4.78, 5) is 4.56. The highest BCUT2D eigenvalue weighted by Gasteiger charge is 2.24. The first kappa shape index (κ1) is 11.5. The molecule has 0 aliphatic carbocycles. The van der Waals surface area contributed by atoms with Gasteiger partial charge in [-0.05, 0) is 0 Å². The monoisotopic (exact) mass is 230 g/mol. The minimum Gasteiger partial charge on any atom is -0.382 e. The molecular weight excluding hydrogens is 212 g/mol. The summed E-state index contributed by atoms with van der Waals surface area (Å²) in [6, 6.07) is 9.84. The molecule has 0 aliphatic heterocycles. The van der Waals surface area contributed by atoms with E-state index in [4.69, 9.17) is 11.6 Å². The predicted octanol–water partition coefficient (Wildman–Crippen LogP) is 2.14. The lowest BCUT2D eigenvalue weighted by molar-refractivity contribution is 0.532. The fourth-order valence-corrected chi connectivity index (χ4v) is 1.78. The van der Waals surface area contributed by atoms with Crippen LogP contribution in [0.4, 0.5) is 5.82 Å². The van der Waals surface area contributed by atoms with Gasteiger partial charge in [0, 0.05) is 11.0 Å². The Bertz CT molecular complexity index is 520. The Hall–Kier alpha value is -1.97. The van der Waals surface area contributed by atoms with Crippen molar-refractivity contribution in [3.8, 4) is 11.3 Å². The van der Waals surface area contributed by atoms with Crippen molar-refractivity contribution in [2.24, 2.45) is 0 Å². The zero-order valence-electron chi connectivity index (χ0n) is 10.4. The summed E-state index contributed by atoms with van der Waals surface area (Å²) in [5.74, 6) is 7.24. The maximum Gasteiger partial charge on any atom is 0.150 e. The minimum absolute atomic E-state index is 0.129. The number of imidazole rings is 1. The molecule has 0 fully saturated rings. The van der Waals surface area contributed by atoms with Crippen molar-refractivity contribution in [2.45, 2.75) is 26.2 Å². The van der Waals surface area contributed by atoms with Gasteiger partial charge in [0.05, 0.1) is 0 Å². The number of benzene rings is 1. The molecule has 2 rings (SSSR count). The molecule has 17 heavy (non-hydrogen) atoms. The summed E-state index contributed by atoms with van der Waals surface area (Å²) >= 11 is 0. The quantitative estimate of drug-likeness (QED) is 0.737. The Morgan fingerprint density at radius 3 is 2.18 bits per heavy atom. The van der Waals surface area contributed by atoms with Crippen molar-refractivity contribution < 1.29 is 0 Å². The van der Waals surface area contributed by atoms with Gasteiger partial charge in [-0.25, -0.2) is 9.66 Å². The molecule has 1 heterocycles. The summed E-state index contributed by atoms with van der Waals surface area (Å²) in [5, 5.41) is 0. The van der Waals surface area contributed by atoms with E-state index in [1.165, 1.54) is 4.68 Å². The summed E-state index contributed by atoms with van der Waals surface area (Å²) in [6.07, 6.45) is 0. The number of hydrogen-bond acceptors (Lipinski definition) is 3. The third-order valence-corrected chi connectivity index (χ3v) is 2.67. The molecule has 0 radical (unpaired) electrons. The Kier molecular flexibility index (Phi) is 2.58. The number of nitrogens with zero attached hydrogens (tertiary/aromatic N) is 2. The zero-order valence-corrected chi connectivity index (χ0v) is 10.4. The molecule has 0 saturated carbocycles. The molecule has 1 aromatic heterocycles. The second-order valence-electron chi connectivity index (χ2n) is 5.16. The van der Waals surface area contributed by atoms with Crippen LogP contribution in [0.25, 0.3) is 11.3 Å². The van der Waals surface area contributed by atoms with E-state index in [1.807, 2.05) is 30.3 Å². The highest BCUT2D eigenvalue weighted by molar-refractivity contribution is 5.71. The van der Waals surface area contributed by atoms with Gasteiger partial charge in [-0.15, -0.1) is 0 Å². The van der Waals surface area contributed by atoms with Gasteiger partial charge in [-0.1, -0.05) is 51.1 Å². The first-order chi connectivity index (χ1) is 7.91. The van der Waals surface area contributed by atoms with E-state index < -0.39 is 0 Å². The topological polar surface area (TPSA) is 69.9 Å². The predicted molar refractivity (Wildman–Crippen MR) is 70.9 cm³/mol. The fraction of sp³-hybridized carbons (Fsp3) is 0.308. The van der Waals surface area contributed by atoms with Gasteiger partial charge in [0.25, 0.3) is 0 Å². The molecule has 0 bridgehead atoms. The van der Waals surface area contributed by atoms with E-state index in [2.05, 4.69) is 25.8 Å². The smallest absolute Gasteiger partial charge is 0.150 e. The maximum atomic E-state index is 6.01. The van der Waals surface area contributed by atoms with Gasteiger partial charge < -0.3 is 11.6 Å². The van der Waals surface area contributed by atoms with E-state index in [1.54, 1.807) is 0 Å². The molecule has 4 heteroatoms. The molecule has 90 valence electrons. The Balaban J connectivity index is 2.59. The van der Waals surface area contributed by atoms with E-state index in [0.29, 0.717) is 5.82 Å². The third-order valence-electron chi connectivity index (χ3n) is 2.67. The van der Waals surface area contributed by atoms with Crippen LogP contribution in [0.15, 0.2) is 30.3 Å². The standard InChI is InChI=1S/C13H18N4/c1-13(2,3)12-16-10(11(14)17(12)15)9-7-5-4-6-8-9/h4-8H,14-15H2,1-3H3. The lowest BCUT2D eigenvalue weighted by atomic mass is 9.96. The highest BCUT2D eigenvalue weighted by atomic mass is 15.4. The zero-order chi connectivity index (χ0) is 12.6. The van der Waals surface area contributed by atoms with Crippen molar-refractivity contribution in [1.82, 2.24) is 9.66 Å². The first-order valence-corrected chi connectivity index (χ1v) is 5.60. The lowest BCUT2D eigenvalue weighted by Crippen LogP contribution is -2.24. The summed E-state index contributed by atoms with van der Waals surface area (Å²) in [6.45, 7) is 6.19. The van der Waals surface area contributed by atoms with Crippen molar-refractivity contribution in [3.05, 3.63) is 36.2 Å². The molecule has 0 spiro atoms. The Morgan fingerprint density at radius 2 is 1.71 bits per heavy atom.